The predicted octanol–water partition coefficient (Wildman–Crippen LogP) is 4.51. The van der Waals surface area contributed by atoms with Crippen LogP contribution in [-0.2, 0) is 4.57 Å². The largest absolute Gasteiger partial charge is 0.508 e. The number of phenols is 2. The lowest BCUT2D eigenvalue weighted by Crippen LogP contribution is -2.49. The summed E-state index contributed by atoms with van der Waals surface area (Å²) >= 11 is 0. The topological polar surface area (TPSA) is 140 Å². The van der Waals surface area contributed by atoms with Gasteiger partial charge in [-0.3, -0.25) is 9.29 Å². The van der Waals surface area contributed by atoms with E-state index in [9.17, 15) is 14.6 Å². The summed E-state index contributed by atoms with van der Waals surface area (Å²) in [4.78, 5) is 23.8. The SMILES string of the molecule is CC1=C(c2cccc(O)c2)[C@H](c2ccc(OCCN3CC(CF)C3)cc2)Oc2ccc(O)cc21.O=P(O)(O)O. The molecular weight excluding hydrogens is 528 g/mol. The average molecular weight is 560 g/mol. The highest BCUT2D eigenvalue weighted by Crippen LogP contribution is 2.47. The van der Waals surface area contributed by atoms with E-state index >= 15 is 0 Å². The smallest absolute Gasteiger partial charge is 0.466 e. The van der Waals surface area contributed by atoms with Crippen LogP contribution >= 0.6 is 7.82 Å². The first kappa shape index (κ1) is 28.6. The second-order valence-electron chi connectivity index (χ2n) is 9.48. The number of aromatic hydroxyl groups is 2. The van der Waals surface area contributed by atoms with Crippen molar-refractivity contribution in [1.82, 2.24) is 4.90 Å². The number of likely N-dealkylation sites (tertiary alicyclic amines) is 1. The van der Waals surface area contributed by atoms with E-state index in [2.05, 4.69) is 4.90 Å². The van der Waals surface area contributed by atoms with Gasteiger partial charge in [-0.05, 0) is 66.1 Å². The standard InChI is InChI=1S/C28H28FNO4.H3O4P/c1-18-25-14-23(32)7-10-26(25)34-28(27(18)21-3-2-4-22(31)13-21)20-5-8-24(9-6-20)33-12-11-30-16-19(15-29)17-30;1-5(2,3)4/h2-10,13-14,19,28,31-32H,11-12,15-17H2,1H3;(H3,1,2,3,4)/t28-;/m0./s1. The van der Waals surface area contributed by atoms with Crippen LogP contribution in [0.3, 0.4) is 0 Å². The fourth-order valence-corrected chi connectivity index (χ4v) is 4.71. The van der Waals surface area contributed by atoms with Crippen LogP contribution in [-0.4, -0.2) is 62.7 Å². The van der Waals surface area contributed by atoms with Gasteiger partial charge in [-0.25, -0.2) is 4.57 Å². The summed E-state index contributed by atoms with van der Waals surface area (Å²) in [6, 6.07) is 20.1. The molecule has 11 heteroatoms. The van der Waals surface area contributed by atoms with Gasteiger partial charge in [-0.15, -0.1) is 0 Å². The highest BCUT2D eigenvalue weighted by atomic mass is 31.2. The minimum absolute atomic E-state index is 0.176. The molecule has 2 heterocycles. The van der Waals surface area contributed by atoms with Crippen LogP contribution in [0.2, 0.25) is 0 Å². The zero-order valence-corrected chi connectivity index (χ0v) is 22.2. The van der Waals surface area contributed by atoms with Gasteiger partial charge in [0.15, 0.2) is 0 Å². The molecular formula is C28H31FNO8P. The van der Waals surface area contributed by atoms with Crippen molar-refractivity contribution in [3.8, 4) is 23.0 Å². The molecule has 39 heavy (non-hydrogen) atoms. The van der Waals surface area contributed by atoms with Crippen LogP contribution in [0.15, 0.2) is 66.7 Å². The first-order valence-corrected chi connectivity index (χ1v) is 13.9. The van der Waals surface area contributed by atoms with Gasteiger partial charge in [0, 0.05) is 36.7 Å². The molecule has 3 aromatic rings. The number of allylic oxidation sites excluding steroid dienone is 1. The van der Waals surface area contributed by atoms with Gasteiger partial charge in [0.05, 0.1) is 6.67 Å². The number of fused-ring (bicyclic) bond motifs is 1. The Bertz CT molecular complexity index is 1360. The molecule has 1 fully saturated rings. The van der Waals surface area contributed by atoms with Crippen molar-refractivity contribution in [3.05, 3.63) is 83.4 Å². The summed E-state index contributed by atoms with van der Waals surface area (Å²) in [5.41, 5.74) is 4.56. The van der Waals surface area contributed by atoms with Crippen molar-refractivity contribution in [2.24, 2.45) is 5.92 Å². The van der Waals surface area contributed by atoms with Crippen molar-refractivity contribution in [2.45, 2.75) is 13.0 Å². The van der Waals surface area contributed by atoms with Crippen LogP contribution < -0.4 is 9.47 Å². The van der Waals surface area contributed by atoms with Crippen LogP contribution in [0.5, 0.6) is 23.0 Å². The number of benzene rings is 3. The van der Waals surface area contributed by atoms with E-state index in [1.165, 1.54) is 0 Å². The third-order valence-electron chi connectivity index (χ3n) is 6.55. The van der Waals surface area contributed by atoms with E-state index in [1.54, 1.807) is 30.3 Å². The Labute approximate surface area is 225 Å². The van der Waals surface area contributed by atoms with Crippen LogP contribution in [0.25, 0.3) is 11.1 Å². The van der Waals surface area contributed by atoms with E-state index < -0.39 is 7.82 Å². The van der Waals surface area contributed by atoms with E-state index in [4.69, 9.17) is 28.7 Å². The molecule has 2 aliphatic rings. The van der Waals surface area contributed by atoms with Crippen LogP contribution in [0.1, 0.15) is 29.7 Å². The molecule has 0 amide bonds. The van der Waals surface area contributed by atoms with Crippen LogP contribution in [0.4, 0.5) is 4.39 Å². The van der Waals surface area contributed by atoms with Gasteiger partial charge >= 0.3 is 7.82 Å². The average Bonchev–Trinajstić information content (AvgIpc) is 2.85. The first-order valence-electron chi connectivity index (χ1n) is 12.3. The fraction of sp³-hybridized carbons (Fsp3) is 0.286. The molecule has 1 atom stereocenters. The maximum absolute atomic E-state index is 12.6. The van der Waals surface area contributed by atoms with E-state index in [1.807, 2.05) is 43.3 Å². The Morgan fingerprint density at radius 3 is 2.31 bits per heavy atom. The van der Waals surface area contributed by atoms with Crippen molar-refractivity contribution >= 4 is 19.0 Å². The Kier molecular flexibility index (Phi) is 8.94. The molecule has 0 bridgehead atoms. The summed E-state index contributed by atoms with van der Waals surface area (Å²) in [6.45, 7) is 4.72. The molecule has 0 aromatic heterocycles. The molecule has 5 N–H and O–H groups in total. The number of alkyl halides is 1. The van der Waals surface area contributed by atoms with Gasteiger partial charge in [-0.2, -0.15) is 0 Å². The van der Waals surface area contributed by atoms with E-state index in [-0.39, 0.29) is 30.2 Å². The lowest BCUT2D eigenvalue weighted by molar-refractivity contribution is 0.0668. The zero-order chi connectivity index (χ0) is 28.2. The summed E-state index contributed by atoms with van der Waals surface area (Å²) in [5.74, 6) is 2.01. The molecule has 0 aliphatic carbocycles. The molecule has 208 valence electrons. The molecule has 0 saturated carbocycles. The summed E-state index contributed by atoms with van der Waals surface area (Å²) in [6.07, 6.45) is -0.383. The van der Waals surface area contributed by atoms with Gasteiger partial charge in [-0.1, -0.05) is 24.3 Å². The maximum atomic E-state index is 12.6. The lowest BCUT2D eigenvalue weighted by atomic mass is 9.86. The molecule has 2 aliphatic heterocycles. The number of hydrogen-bond acceptors (Lipinski definition) is 6. The maximum Gasteiger partial charge on any atom is 0.466 e. The van der Waals surface area contributed by atoms with Crippen LogP contribution in [0, 0.1) is 5.92 Å². The summed E-state index contributed by atoms with van der Waals surface area (Å²) in [5, 5.41) is 20.1. The van der Waals surface area contributed by atoms with E-state index in [0.29, 0.717) is 12.4 Å². The number of hydrogen-bond donors (Lipinski definition) is 5. The van der Waals surface area contributed by atoms with Gasteiger partial charge in [0.25, 0.3) is 0 Å². The Morgan fingerprint density at radius 1 is 1.00 bits per heavy atom. The third-order valence-corrected chi connectivity index (χ3v) is 6.55. The number of rotatable bonds is 7. The van der Waals surface area contributed by atoms with Crippen molar-refractivity contribution in [2.75, 3.05) is 32.9 Å². The van der Waals surface area contributed by atoms with Crippen molar-refractivity contribution in [3.63, 3.8) is 0 Å². The molecule has 5 rings (SSSR count). The number of phenolic OH excluding ortho intramolecular Hbond substituents is 2. The molecule has 0 unspecified atom stereocenters. The Balaban J connectivity index is 0.000000648. The number of ether oxygens (including phenoxy) is 2. The molecule has 9 nitrogen and oxygen atoms in total. The predicted molar refractivity (Wildman–Crippen MR) is 144 cm³/mol. The normalized spacial score (nSPS) is 17.4. The van der Waals surface area contributed by atoms with Crippen molar-refractivity contribution in [1.29, 1.82) is 0 Å². The van der Waals surface area contributed by atoms with Crippen molar-refractivity contribution < 1.29 is 43.3 Å². The number of phosphoric acid groups is 1. The van der Waals surface area contributed by atoms with Gasteiger partial charge in [0.2, 0.25) is 0 Å². The fourth-order valence-electron chi connectivity index (χ4n) is 4.71. The van der Waals surface area contributed by atoms with Gasteiger partial charge < -0.3 is 34.4 Å². The number of nitrogens with zero attached hydrogens (tertiary/aromatic N) is 1. The highest BCUT2D eigenvalue weighted by molar-refractivity contribution is 7.45. The quantitative estimate of drug-likeness (QED) is 0.265. The minimum atomic E-state index is -4.64. The lowest BCUT2D eigenvalue weighted by Gasteiger charge is -2.37. The Morgan fingerprint density at radius 2 is 1.67 bits per heavy atom. The summed E-state index contributed by atoms with van der Waals surface area (Å²) < 4.78 is 33.8. The summed E-state index contributed by atoms with van der Waals surface area (Å²) in [7, 11) is -4.64. The molecule has 3 aromatic carbocycles. The first-order chi connectivity index (χ1) is 18.5. The molecule has 0 radical (unpaired) electrons. The monoisotopic (exact) mass is 559 g/mol. The minimum Gasteiger partial charge on any atom is -0.508 e. The molecule has 0 spiro atoms. The zero-order valence-electron chi connectivity index (χ0n) is 21.3. The number of halogens is 1. The molecule has 1 saturated heterocycles. The highest BCUT2D eigenvalue weighted by Gasteiger charge is 2.30. The third kappa shape index (κ3) is 7.59. The Hall–Kier alpha value is -3.40. The van der Waals surface area contributed by atoms with Gasteiger partial charge in [0.1, 0.15) is 35.7 Å². The van der Waals surface area contributed by atoms with E-state index in [0.717, 1.165) is 53.2 Å². The second-order valence-corrected chi connectivity index (χ2v) is 10.5. The second kappa shape index (κ2) is 12.2.